The third-order valence-corrected chi connectivity index (χ3v) is 3.14. The first-order chi connectivity index (χ1) is 8.15. The van der Waals surface area contributed by atoms with Crippen LogP contribution in [-0.4, -0.2) is 24.5 Å². The number of hydrogen-bond donors (Lipinski definition) is 1. The standard InChI is InChI=1S/C14H19NO2/c1-4-15(5-2)12-7-6-11-8-10(3)14(16)17-13(11)9-12/h6-9,14,16H,4-5H2,1-3H3. The van der Waals surface area contributed by atoms with E-state index in [0.717, 1.165) is 35.7 Å². The molecule has 1 aromatic rings. The summed E-state index contributed by atoms with van der Waals surface area (Å²) in [6.07, 6.45) is 1.16. The second kappa shape index (κ2) is 4.80. The first-order valence-electron chi connectivity index (χ1n) is 6.07. The van der Waals surface area contributed by atoms with Gasteiger partial charge in [-0.1, -0.05) is 0 Å². The first kappa shape index (κ1) is 12.0. The van der Waals surface area contributed by atoms with Crippen LogP contribution in [-0.2, 0) is 0 Å². The number of aliphatic hydroxyl groups excluding tert-OH is 1. The third kappa shape index (κ3) is 2.29. The van der Waals surface area contributed by atoms with E-state index < -0.39 is 6.29 Å². The highest BCUT2D eigenvalue weighted by molar-refractivity contribution is 5.66. The number of aliphatic hydroxyl groups is 1. The molecular weight excluding hydrogens is 214 g/mol. The molecule has 0 radical (unpaired) electrons. The Morgan fingerprint density at radius 2 is 2.00 bits per heavy atom. The molecule has 1 aliphatic rings. The topological polar surface area (TPSA) is 32.7 Å². The number of rotatable bonds is 3. The lowest BCUT2D eigenvalue weighted by molar-refractivity contribution is 0.0130. The fraction of sp³-hybridized carbons (Fsp3) is 0.429. The van der Waals surface area contributed by atoms with E-state index in [1.165, 1.54) is 0 Å². The average Bonchev–Trinajstić information content (AvgIpc) is 2.32. The van der Waals surface area contributed by atoms with E-state index in [1.807, 2.05) is 25.1 Å². The third-order valence-electron chi connectivity index (χ3n) is 3.14. The SMILES string of the molecule is CCN(CC)c1ccc2c(c1)OC(O)C(C)=C2. The molecule has 2 rings (SSSR count). The molecule has 0 aliphatic carbocycles. The van der Waals surface area contributed by atoms with Gasteiger partial charge in [0.1, 0.15) is 5.75 Å². The maximum atomic E-state index is 9.66. The van der Waals surface area contributed by atoms with Crippen LogP contribution in [0.15, 0.2) is 23.8 Å². The van der Waals surface area contributed by atoms with Crippen LogP contribution in [0.4, 0.5) is 5.69 Å². The number of nitrogens with zero attached hydrogens (tertiary/aromatic N) is 1. The van der Waals surface area contributed by atoms with E-state index in [1.54, 1.807) is 0 Å². The fourth-order valence-electron chi connectivity index (χ4n) is 2.06. The fourth-order valence-corrected chi connectivity index (χ4v) is 2.06. The second-order valence-electron chi connectivity index (χ2n) is 4.25. The van der Waals surface area contributed by atoms with Gasteiger partial charge in [-0.2, -0.15) is 0 Å². The lowest BCUT2D eigenvalue weighted by Crippen LogP contribution is -2.23. The monoisotopic (exact) mass is 233 g/mol. The van der Waals surface area contributed by atoms with Crippen LogP contribution >= 0.6 is 0 Å². The molecule has 0 saturated carbocycles. The van der Waals surface area contributed by atoms with Crippen molar-refractivity contribution in [1.29, 1.82) is 0 Å². The van der Waals surface area contributed by atoms with Crippen molar-refractivity contribution in [2.75, 3.05) is 18.0 Å². The molecule has 17 heavy (non-hydrogen) atoms. The minimum atomic E-state index is -0.811. The molecule has 3 nitrogen and oxygen atoms in total. The molecule has 1 heterocycles. The Bertz CT molecular complexity index is 436. The van der Waals surface area contributed by atoms with E-state index in [-0.39, 0.29) is 0 Å². The summed E-state index contributed by atoms with van der Waals surface area (Å²) in [6, 6.07) is 6.13. The summed E-state index contributed by atoms with van der Waals surface area (Å²) in [5.41, 5.74) is 3.01. The molecule has 0 fully saturated rings. The zero-order valence-electron chi connectivity index (χ0n) is 10.6. The summed E-state index contributed by atoms with van der Waals surface area (Å²) in [7, 11) is 0. The lowest BCUT2D eigenvalue weighted by atomic mass is 10.1. The summed E-state index contributed by atoms with van der Waals surface area (Å²) in [5.74, 6) is 0.757. The van der Waals surface area contributed by atoms with Gasteiger partial charge in [0.05, 0.1) is 0 Å². The predicted molar refractivity (Wildman–Crippen MR) is 70.3 cm³/mol. The number of anilines is 1. The lowest BCUT2D eigenvalue weighted by Gasteiger charge is -2.25. The minimum absolute atomic E-state index is 0.757. The maximum absolute atomic E-state index is 9.66. The van der Waals surface area contributed by atoms with Crippen LogP contribution in [0.25, 0.3) is 6.08 Å². The minimum Gasteiger partial charge on any atom is -0.460 e. The highest BCUT2D eigenvalue weighted by Gasteiger charge is 2.18. The van der Waals surface area contributed by atoms with Gasteiger partial charge in [-0.05, 0) is 44.6 Å². The van der Waals surface area contributed by atoms with E-state index >= 15 is 0 Å². The van der Waals surface area contributed by atoms with Crippen LogP contribution in [0.1, 0.15) is 26.3 Å². The van der Waals surface area contributed by atoms with Crippen LogP contribution in [0.2, 0.25) is 0 Å². The van der Waals surface area contributed by atoms with E-state index in [9.17, 15) is 5.11 Å². The predicted octanol–water partition coefficient (Wildman–Crippen LogP) is 2.65. The molecule has 1 aliphatic heterocycles. The molecule has 1 atom stereocenters. The van der Waals surface area contributed by atoms with E-state index in [0.29, 0.717) is 0 Å². The molecular formula is C14H19NO2. The van der Waals surface area contributed by atoms with Gasteiger partial charge in [-0.15, -0.1) is 0 Å². The average molecular weight is 233 g/mol. The summed E-state index contributed by atoms with van der Waals surface area (Å²) in [6.45, 7) is 8.05. The first-order valence-corrected chi connectivity index (χ1v) is 6.07. The van der Waals surface area contributed by atoms with E-state index in [2.05, 4.69) is 24.8 Å². The Hall–Kier alpha value is -1.48. The largest absolute Gasteiger partial charge is 0.460 e. The van der Waals surface area contributed by atoms with Crippen molar-refractivity contribution < 1.29 is 9.84 Å². The highest BCUT2D eigenvalue weighted by atomic mass is 16.6. The number of hydrogen-bond acceptors (Lipinski definition) is 3. The molecule has 0 saturated heterocycles. The molecule has 3 heteroatoms. The maximum Gasteiger partial charge on any atom is 0.220 e. The summed E-state index contributed by atoms with van der Waals surface area (Å²) < 4.78 is 5.48. The Morgan fingerprint density at radius 1 is 1.29 bits per heavy atom. The zero-order valence-corrected chi connectivity index (χ0v) is 10.6. The molecule has 0 bridgehead atoms. The molecule has 0 amide bonds. The van der Waals surface area contributed by atoms with Crippen molar-refractivity contribution in [3.8, 4) is 5.75 Å². The van der Waals surface area contributed by atoms with Gasteiger partial charge in [0.15, 0.2) is 0 Å². The zero-order chi connectivity index (χ0) is 12.4. The van der Waals surface area contributed by atoms with Gasteiger partial charge in [-0.3, -0.25) is 0 Å². The summed E-state index contributed by atoms with van der Waals surface area (Å²) in [5, 5.41) is 9.66. The molecule has 1 N–H and O–H groups in total. The van der Waals surface area contributed by atoms with Gasteiger partial charge >= 0.3 is 0 Å². The number of ether oxygens (including phenoxy) is 1. The smallest absolute Gasteiger partial charge is 0.220 e. The molecule has 0 spiro atoms. The van der Waals surface area contributed by atoms with Crippen molar-refractivity contribution in [1.82, 2.24) is 0 Å². The molecule has 92 valence electrons. The Labute approximate surface area is 102 Å². The van der Waals surface area contributed by atoms with Crippen molar-refractivity contribution in [3.05, 3.63) is 29.3 Å². The second-order valence-corrected chi connectivity index (χ2v) is 4.25. The quantitative estimate of drug-likeness (QED) is 0.871. The van der Waals surface area contributed by atoms with Crippen molar-refractivity contribution >= 4 is 11.8 Å². The summed E-state index contributed by atoms with van der Waals surface area (Å²) >= 11 is 0. The number of fused-ring (bicyclic) bond motifs is 1. The van der Waals surface area contributed by atoms with Crippen molar-refractivity contribution in [2.24, 2.45) is 0 Å². The molecule has 0 aromatic heterocycles. The van der Waals surface area contributed by atoms with Crippen molar-refractivity contribution in [2.45, 2.75) is 27.1 Å². The normalized spacial score (nSPS) is 18.1. The Kier molecular flexibility index (Phi) is 3.38. The van der Waals surface area contributed by atoms with Crippen molar-refractivity contribution in [3.63, 3.8) is 0 Å². The van der Waals surface area contributed by atoms with Gasteiger partial charge in [0.2, 0.25) is 6.29 Å². The van der Waals surface area contributed by atoms with Crippen LogP contribution in [0.5, 0.6) is 5.75 Å². The van der Waals surface area contributed by atoms with Crippen LogP contribution in [0.3, 0.4) is 0 Å². The van der Waals surface area contributed by atoms with Crippen LogP contribution in [0, 0.1) is 0 Å². The molecule has 1 unspecified atom stereocenters. The molecule has 1 aromatic carbocycles. The van der Waals surface area contributed by atoms with Gasteiger partial charge in [0.25, 0.3) is 0 Å². The Balaban J connectivity index is 2.35. The van der Waals surface area contributed by atoms with Crippen LogP contribution < -0.4 is 9.64 Å². The van der Waals surface area contributed by atoms with Gasteiger partial charge in [-0.25, -0.2) is 0 Å². The highest BCUT2D eigenvalue weighted by Crippen LogP contribution is 2.32. The number of benzene rings is 1. The van der Waals surface area contributed by atoms with Gasteiger partial charge in [0, 0.05) is 30.4 Å². The van der Waals surface area contributed by atoms with Gasteiger partial charge < -0.3 is 14.7 Å². The summed E-state index contributed by atoms with van der Waals surface area (Å²) in [4.78, 5) is 2.25. The van der Waals surface area contributed by atoms with E-state index in [4.69, 9.17) is 4.74 Å². The Morgan fingerprint density at radius 3 is 2.65 bits per heavy atom.